The van der Waals surface area contributed by atoms with Crippen LogP contribution in [0.4, 0.5) is 11.6 Å². The van der Waals surface area contributed by atoms with E-state index in [-0.39, 0.29) is 0 Å². The van der Waals surface area contributed by atoms with Gasteiger partial charge in [0.05, 0.1) is 56.6 Å². The molecule has 150 valence electrons. The van der Waals surface area contributed by atoms with Gasteiger partial charge in [-0.05, 0) is 17.7 Å². The molecule has 3 aliphatic rings. The van der Waals surface area contributed by atoms with Crippen LogP contribution in [-0.2, 0) is 6.54 Å². The normalized spacial score (nSPS) is 16.1. The average molecular weight is 393 g/mol. The van der Waals surface area contributed by atoms with Gasteiger partial charge in [0, 0.05) is 25.5 Å². The van der Waals surface area contributed by atoms with Crippen LogP contribution in [0.3, 0.4) is 0 Å². The summed E-state index contributed by atoms with van der Waals surface area (Å²) in [4.78, 5) is 9.95. The van der Waals surface area contributed by atoms with Crippen molar-refractivity contribution in [2.24, 2.45) is 5.73 Å². The molecule has 6 rings (SSSR count). The summed E-state index contributed by atoms with van der Waals surface area (Å²) in [5.74, 6) is 2.58. The van der Waals surface area contributed by atoms with Gasteiger partial charge in [-0.3, -0.25) is 0 Å². The van der Waals surface area contributed by atoms with Crippen LogP contribution < -0.4 is 24.4 Å². The van der Waals surface area contributed by atoms with Crippen molar-refractivity contribution in [2.45, 2.75) is 19.4 Å². The van der Waals surface area contributed by atoms with Gasteiger partial charge < -0.3 is 19.9 Å². The first-order valence-electron chi connectivity index (χ1n) is 9.89. The van der Waals surface area contributed by atoms with Crippen LogP contribution in [0.1, 0.15) is 18.4 Å². The topological polar surface area (TPSA) is 79.5 Å². The molecule has 1 spiro atoms. The first-order valence-corrected chi connectivity index (χ1v) is 9.89. The van der Waals surface area contributed by atoms with Crippen LogP contribution >= 0.6 is 0 Å². The molecule has 4 bridgehead atoms. The second kappa shape index (κ2) is 6.57. The summed E-state index contributed by atoms with van der Waals surface area (Å²) >= 11 is 0. The van der Waals surface area contributed by atoms with Gasteiger partial charge in [0.15, 0.2) is 17.2 Å². The summed E-state index contributed by atoms with van der Waals surface area (Å²) < 4.78 is 17.7. The van der Waals surface area contributed by atoms with Gasteiger partial charge >= 0.3 is 5.95 Å². The Hall–Kier alpha value is -2.90. The van der Waals surface area contributed by atoms with Crippen LogP contribution in [0.5, 0.6) is 17.2 Å². The van der Waals surface area contributed by atoms with E-state index in [1.807, 2.05) is 6.07 Å². The van der Waals surface area contributed by atoms with Crippen LogP contribution in [-0.4, -0.2) is 44.4 Å². The third-order valence-corrected chi connectivity index (χ3v) is 6.23. The molecule has 1 aromatic heterocycles. The van der Waals surface area contributed by atoms with Crippen molar-refractivity contribution in [3.05, 3.63) is 29.8 Å². The number of quaternary nitrogens is 1. The summed E-state index contributed by atoms with van der Waals surface area (Å²) in [5, 5.41) is 1.07. The van der Waals surface area contributed by atoms with Gasteiger partial charge in [0.25, 0.3) is 0 Å². The van der Waals surface area contributed by atoms with E-state index in [9.17, 15) is 0 Å². The smallest absolute Gasteiger partial charge is 0.335 e. The highest BCUT2D eigenvalue weighted by Crippen LogP contribution is 2.53. The molecule has 0 unspecified atom stereocenters. The molecule has 0 radical (unpaired) electrons. The fourth-order valence-corrected chi connectivity index (χ4v) is 4.93. The maximum Gasteiger partial charge on any atom is 0.335 e. The van der Waals surface area contributed by atoms with Crippen molar-refractivity contribution in [3.63, 3.8) is 0 Å². The maximum atomic E-state index is 6.14. The lowest BCUT2D eigenvalue weighted by molar-refractivity contribution is 0.324. The zero-order chi connectivity index (χ0) is 20.2. The summed E-state index contributed by atoms with van der Waals surface area (Å²) in [7, 11) is 4.85. The zero-order valence-electron chi connectivity index (χ0n) is 17.0. The second-order valence-corrected chi connectivity index (χ2v) is 7.55. The molecule has 0 saturated carbocycles. The first-order chi connectivity index (χ1) is 14.2. The van der Waals surface area contributed by atoms with E-state index in [4.69, 9.17) is 29.9 Å². The number of methoxy groups -OCH3 is 3. The number of fused-ring (bicyclic) bond motifs is 1. The molecule has 0 aliphatic carbocycles. The molecule has 3 aromatic rings. The van der Waals surface area contributed by atoms with Crippen LogP contribution in [0, 0.1) is 0 Å². The van der Waals surface area contributed by atoms with Crippen molar-refractivity contribution in [1.82, 2.24) is 14.5 Å². The third-order valence-electron chi connectivity index (χ3n) is 6.23. The Kier molecular flexibility index (Phi) is 4.11. The number of aromatic nitrogens is 2. The largest absolute Gasteiger partial charge is 0.493 e. The molecule has 1 saturated heterocycles. The number of rotatable bonds is 5. The van der Waals surface area contributed by atoms with E-state index in [2.05, 4.69) is 18.2 Å². The molecule has 3 aliphatic heterocycles. The van der Waals surface area contributed by atoms with E-state index >= 15 is 0 Å². The van der Waals surface area contributed by atoms with E-state index in [1.54, 1.807) is 21.3 Å². The average Bonchev–Trinajstić information content (AvgIpc) is 3.25. The molecule has 1 fully saturated rings. The van der Waals surface area contributed by atoms with Gasteiger partial charge in [-0.15, -0.1) is 0 Å². The molecular formula is C22H25N4O3+. The fourth-order valence-electron chi connectivity index (χ4n) is 4.93. The van der Waals surface area contributed by atoms with Gasteiger partial charge in [-0.1, -0.05) is 6.07 Å². The van der Waals surface area contributed by atoms with E-state index < -0.39 is 0 Å². The molecule has 7 nitrogen and oxygen atoms in total. The van der Waals surface area contributed by atoms with E-state index in [0.29, 0.717) is 23.8 Å². The predicted octanol–water partition coefficient (Wildman–Crippen LogP) is 3.53. The number of ether oxygens (including phenoxy) is 3. The molecule has 7 heteroatoms. The minimum absolute atomic E-state index is 0.328. The number of benzene rings is 2. The first kappa shape index (κ1) is 18.1. The van der Waals surface area contributed by atoms with Gasteiger partial charge in [-0.25, -0.2) is 4.48 Å². The zero-order valence-corrected chi connectivity index (χ0v) is 17.0. The maximum absolute atomic E-state index is 6.14. The second-order valence-electron chi connectivity index (χ2n) is 7.55. The van der Waals surface area contributed by atoms with Crippen LogP contribution in [0.15, 0.2) is 24.3 Å². The van der Waals surface area contributed by atoms with Crippen molar-refractivity contribution in [1.29, 1.82) is 0 Å². The molecule has 4 heterocycles. The summed E-state index contributed by atoms with van der Waals surface area (Å²) in [5.41, 5.74) is 11.0. The Morgan fingerprint density at radius 2 is 1.76 bits per heavy atom. The number of nitrogens with zero attached hydrogens (tertiary/aromatic N) is 3. The van der Waals surface area contributed by atoms with E-state index in [0.717, 1.165) is 51.2 Å². The highest BCUT2D eigenvalue weighted by atomic mass is 16.5. The predicted molar refractivity (Wildman–Crippen MR) is 113 cm³/mol. The third kappa shape index (κ3) is 2.31. The number of hydrogen-bond acceptors (Lipinski definition) is 6. The highest BCUT2D eigenvalue weighted by Gasteiger charge is 2.46. The van der Waals surface area contributed by atoms with Gasteiger partial charge in [0.1, 0.15) is 0 Å². The fraction of sp³-hybridized carbons (Fsp3) is 0.364. The monoisotopic (exact) mass is 393 g/mol. The lowest BCUT2D eigenvalue weighted by atomic mass is 9.95. The molecular weight excluding hydrogens is 368 g/mol. The van der Waals surface area contributed by atoms with Crippen molar-refractivity contribution >= 4 is 22.5 Å². The molecule has 2 aromatic carbocycles. The Bertz CT molecular complexity index is 1120. The summed E-state index contributed by atoms with van der Waals surface area (Å²) in [6, 6.07) is 8.26. The van der Waals surface area contributed by atoms with Gasteiger partial charge in [-0.2, -0.15) is 9.97 Å². The van der Waals surface area contributed by atoms with Gasteiger partial charge in [0.2, 0.25) is 5.75 Å². The minimum Gasteiger partial charge on any atom is -0.493 e. The quantitative estimate of drug-likeness (QED) is 0.668. The Morgan fingerprint density at radius 1 is 1.00 bits per heavy atom. The van der Waals surface area contributed by atoms with Crippen LogP contribution in [0.25, 0.3) is 22.2 Å². The number of nitrogens with two attached hydrogens (primary N) is 1. The van der Waals surface area contributed by atoms with Crippen molar-refractivity contribution in [3.8, 4) is 28.5 Å². The lowest BCUT2D eigenvalue weighted by Gasteiger charge is -2.36. The molecule has 2 N–H and O–H groups in total. The lowest BCUT2D eigenvalue weighted by Crippen LogP contribution is -2.44. The Balaban J connectivity index is 1.87. The SMILES string of the molecule is COc1cc(CN)c(-c2nc3nc4cccc(c24)[N+]32CCCC2)c(OC)c1OC. The molecule has 29 heavy (non-hydrogen) atoms. The Labute approximate surface area is 169 Å². The Morgan fingerprint density at radius 3 is 2.41 bits per heavy atom. The number of hydrogen-bond donors (Lipinski definition) is 1. The standard InChI is InChI=1S/C22H25N4O3/c1-27-16-11-13(12-23)17(21(29-3)20(16)28-2)19-18-14-7-6-8-15(18)26(9-4-5-10-26)22(24-14)25-19/h6-8,11H,4-5,9-10,12,23H2,1-3H3/q+1. The highest BCUT2D eigenvalue weighted by molar-refractivity contribution is 6.06. The minimum atomic E-state index is 0.328. The summed E-state index contributed by atoms with van der Waals surface area (Å²) in [6.45, 7) is 2.41. The van der Waals surface area contributed by atoms with E-state index in [1.165, 1.54) is 18.5 Å². The molecule has 0 amide bonds. The molecule has 0 atom stereocenters. The van der Waals surface area contributed by atoms with Crippen molar-refractivity contribution < 1.29 is 14.2 Å². The van der Waals surface area contributed by atoms with Crippen LogP contribution in [0.2, 0.25) is 0 Å². The van der Waals surface area contributed by atoms with Crippen molar-refractivity contribution in [2.75, 3.05) is 34.4 Å². The summed E-state index contributed by atoms with van der Waals surface area (Å²) in [6.07, 6.45) is 2.36.